The number of carbonyl (C=O) groups is 3. The predicted molar refractivity (Wildman–Crippen MR) is 86.9 cm³/mol. The van der Waals surface area contributed by atoms with E-state index in [-0.39, 0.29) is 11.3 Å². The molecule has 1 aromatic carbocycles. The fraction of sp³-hybridized carbons (Fsp3) is 0.267. The van der Waals surface area contributed by atoms with Crippen molar-refractivity contribution >= 4 is 47.4 Å². The number of anilines is 1. The lowest BCUT2D eigenvalue weighted by Gasteiger charge is -2.26. The van der Waals surface area contributed by atoms with E-state index in [0.29, 0.717) is 10.7 Å². The standard InChI is InChI=1S/C15H16ClNO3S/c1-9(15(3,10(2)18)13(19)8-21)14(20)17-12-6-4-11(16)5-7-12/h4-7,21H,1,8H2,2-3H3,(H,17,20). The Bertz CT molecular complexity index is 597. The van der Waals surface area contributed by atoms with Gasteiger partial charge < -0.3 is 5.32 Å². The second-order valence-electron chi connectivity index (χ2n) is 4.70. The summed E-state index contributed by atoms with van der Waals surface area (Å²) in [6.45, 7) is 6.26. The molecule has 0 saturated carbocycles. The lowest BCUT2D eigenvalue weighted by atomic mass is 9.75. The van der Waals surface area contributed by atoms with Crippen molar-refractivity contribution in [3.63, 3.8) is 0 Å². The topological polar surface area (TPSA) is 63.2 Å². The van der Waals surface area contributed by atoms with E-state index in [0.717, 1.165) is 0 Å². The Morgan fingerprint density at radius 1 is 1.29 bits per heavy atom. The number of benzene rings is 1. The summed E-state index contributed by atoms with van der Waals surface area (Å²) < 4.78 is 0. The summed E-state index contributed by atoms with van der Waals surface area (Å²) in [6, 6.07) is 6.45. The molecule has 0 aliphatic carbocycles. The van der Waals surface area contributed by atoms with Gasteiger partial charge in [0.25, 0.3) is 5.91 Å². The van der Waals surface area contributed by atoms with Gasteiger partial charge in [-0.05, 0) is 38.1 Å². The highest BCUT2D eigenvalue weighted by Crippen LogP contribution is 2.30. The molecule has 1 amide bonds. The molecule has 0 bridgehead atoms. The second kappa shape index (κ2) is 6.91. The number of nitrogens with one attached hydrogen (secondary N) is 1. The first-order chi connectivity index (χ1) is 9.73. The summed E-state index contributed by atoms with van der Waals surface area (Å²) in [5, 5.41) is 3.11. The molecule has 112 valence electrons. The van der Waals surface area contributed by atoms with Crippen LogP contribution in [0.25, 0.3) is 0 Å². The van der Waals surface area contributed by atoms with Crippen molar-refractivity contribution in [2.45, 2.75) is 13.8 Å². The van der Waals surface area contributed by atoms with Gasteiger partial charge in [0.15, 0.2) is 5.78 Å². The summed E-state index contributed by atoms with van der Waals surface area (Å²) >= 11 is 9.64. The number of ketones is 2. The Morgan fingerprint density at radius 2 is 1.81 bits per heavy atom. The van der Waals surface area contributed by atoms with E-state index >= 15 is 0 Å². The number of rotatable bonds is 6. The third-order valence-electron chi connectivity index (χ3n) is 3.39. The lowest BCUT2D eigenvalue weighted by Crippen LogP contribution is -2.41. The Balaban J connectivity index is 2.99. The third-order valence-corrected chi connectivity index (χ3v) is 3.92. The molecule has 1 N–H and O–H groups in total. The molecule has 4 nitrogen and oxygen atoms in total. The number of hydrogen-bond acceptors (Lipinski definition) is 4. The minimum Gasteiger partial charge on any atom is -0.322 e. The van der Waals surface area contributed by atoms with Crippen LogP contribution < -0.4 is 5.32 Å². The third kappa shape index (κ3) is 3.74. The van der Waals surface area contributed by atoms with E-state index in [2.05, 4.69) is 24.5 Å². The van der Waals surface area contributed by atoms with Crippen molar-refractivity contribution < 1.29 is 14.4 Å². The van der Waals surface area contributed by atoms with E-state index < -0.39 is 22.9 Å². The molecular weight excluding hydrogens is 310 g/mol. The molecule has 0 saturated heterocycles. The average molecular weight is 326 g/mol. The van der Waals surface area contributed by atoms with Gasteiger partial charge in [-0.15, -0.1) is 0 Å². The van der Waals surface area contributed by atoms with Gasteiger partial charge in [0.05, 0.1) is 5.75 Å². The number of hydrogen-bond donors (Lipinski definition) is 2. The van der Waals surface area contributed by atoms with Crippen LogP contribution in [0.4, 0.5) is 5.69 Å². The van der Waals surface area contributed by atoms with Crippen molar-refractivity contribution in [1.29, 1.82) is 0 Å². The highest BCUT2D eigenvalue weighted by Gasteiger charge is 2.42. The molecule has 0 radical (unpaired) electrons. The van der Waals surface area contributed by atoms with E-state index in [4.69, 9.17) is 11.6 Å². The molecule has 0 heterocycles. The monoisotopic (exact) mass is 325 g/mol. The average Bonchev–Trinajstić information content (AvgIpc) is 2.46. The summed E-state index contributed by atoms with van der Waals surface area (Å²) in [6.07, 6.45) is 0. The molecule has 1 unspecified atom stereocenters. The Hall–Kier alpha value is -1.59. The summed E-state index contributed by atoms with van der Waals surface area (Å²) in [4.78, 5) is 36.0. The Kier molecular flexibility index (Phi) is 5.75. The van der Waals surface area contributed by atoms with E-state index in [9.17, 15) is 14.4 Å². The Labute approximate surface area is 134 Å². The number of carbonyl (C=O) groups excluding carboxylic acids is 3. The molecule has 1 aromatic rings. The first-order valence-electron chi connectivity index (χ1n) is 6.15. The van der Waals surface area contributed by atoms with E-state index in [1.165, 1.54) is 13.8 Å². The smallest absolute Gasteiger partial charge is 0.252 e. The fourth-order valence-corrected chi connectivity index (χ4v) is 2.14. The largest absolute Gasteiger partial charge is 0.322 e. The first kappa shape index (κ1) is 17.5. The van der Waals surface area contributed by atoms with Crippen LogP contribution in [0.3, 0.4) is 0 Å². The summed E-state index contributed by atoms with van der Waals surface area (Å²) in [5.74, 6) is -1.65. The van der Waals surface area contributed by atoms with Crippen molar-refractivity contribution in [3.05, 3.63) is 41.4 Å². The molecule has 6 heteroatoms. The maximum absolute atomic E-state index is 12.2. The minimum absolute atomic E-state index is 0.107. The molecule has 0 aromatic heterocycles. The predicted octanol–water partition coefficient (Wildman–Crippen LogP) is 2.93. The zero-order chi connectivity index (χ0) is 16.2. The van der Waals surface area contributed by atoms with Gasteiger partial charge in [0.1, 0.15) is 11.2 Å². The maximum atomic E-state index is 12.2. The highest BCUT2D eigenvalue weighted by atomic mass is 35.5. The molecular formula is C15H16ClNO3S. The van der Waals surface area contributed by atoms with Crippen LogP contribution in [0.2, 0.25) is 5.02 Å². The molecule has 0 spiro atoms. The molecule has 0 aliphatic heterocycles. The van der Waals surface area contributed by atoms with Crippen LogP contribution in [-0.2, 0) is 14.4 Å². The van der Waals surface area contributed by atoms with Gasteiger partial charge in [-0.1, -0.05) is 18.2 Å². The summed E-state index contributed by atoms with van der Waals surface area (Å²) in [7, 11) is 0. The normalized spacial score (nSPS) is 13.1. The van der Waals surface area contributed by atoms with Gasteiger partial charge in [0, 0.05) is 16.3 Å². The van der Waals surface area contributed by atoms with Crippen LogP contribution >= 0.6 is 24.2 Å². The number of amides is 1. The molecule has 0 fully saturated rings. The van der Waals surface area contributed by atoms with Crippen LogP contribution in [0.1, 0.15) is 13.8 Å². The van der Waals surface area contributed by atoms with Crippen LogP contribution in [0.15, 0.2) is 36.4 Å². The first-order valence-corrected chi connectivity index (χ1v) is 7.16. The van der Waals surface area contributed by atoms with Crippen LogP contribution in [0.5, 0.6) is 0 Å². The SMILES string of the molecule is C=C(C(=O)Nc1ccc(Cl)cc1)C(C)(C(C)=O)C(=O)CS. The van der Waals surface area contributed by atoms with Gasteiger partial charge in [-0.3, -0.25) is 14.4 Å². The molecule has 1 rings (SSSR count). The molecule has 1 atom stereocenters. The number of halogens is 1. The van der Waals surface area contributed by atoms with Gasteiger partial charge >= 0.3 is 0 Å². The van der Waals surface area contributed by atoms with Crippen molar-refractivity contribution in [3.8, 4) is 0 Å². The van der Waals surface area contributed by atoms with Crippen LogP contribution in [0, 0.1) is 5.41 Å². The Morgan fingerprint density at radius 3 is 2.24 bits per heavy atom. The highest BCUT2D eigenvalue weighted by molar-refractivity contribution is 7.81. The minimum atomic E-state index is -1.57. The quantitative estimate of drug-likeness (QED) is 0.480. The van der Waals surface area contributed by atoms with Crippen LogP contribution in [-0.4, -0.2) is 23.2 Å². The number of Topliss-reactive ketones (excluding diaryl/α,β-unsaturated/α-hetero) is 2. The van der Waals surface area contributed by atoms with E-state index in [1.807, 2.05) is 0 Å². The van der Waals surface area contributed by atoms with Gasteiger partial charge in [0.2, 0.25) is 0 Å². The fourth-order valence-electron chi connectivity index (χ4n) is 1.70. The van der Waals surface area contributed by atoms with Crippen molar-refractivity contribution in [2.75, 3.05) is 11.1 Å². The molecule has 0 aliphatic rings. The second-order valence-corrected chi connectivity index (χ2v) is 5.45. The van der Waals surface area contributed by atoms with Gasteiger partial charge in [-0.25, -0.2) is 0 Å². The molecule has 21 heavy (non-hydrogen) atoms. The van der Waals surface area contributed by atoms with E-state index in [1.54, 1.807) is 24.3 Å². The zero-order valence-corrected chi connectivity index (χ0v) is 13.4. The maximum Gasteiger partial charge on any atom is 0.252 e. The van der Waals surface area contributed by atoms with Crippen molar-refractivity contribution in [2.24, 2.45) is 5.41 Å². The number of thiol groups is 1. The van der Waals surface area contributed by atoms with Gasteiger partial charge in [-0.2, -0.15) is 12.6 Å². The van der Waals surface area contributed by atoms with Crippen molar-refractivity contribution in [1.82, 2.24) is 0 Å². The zero-order valence-electron chi connectivity index (χ0n) is 11.8. The lowest BCUT2D eigenvalue weighted by molar-refractivity contribution is -0.136. The summed E-state index contributed by atoms with van der Waals surface area (Å²) in [5.41, 5.74) is -1.18.